The van der Waals surface area contributed by atoms with Crippen molar-refractivity contribution >= 4 is 11.8 Å². The van der Waals surface area contributed by atoms with Crippen LogP contribution >= 0.6 is 11.8 Å². The summed E-state index contributed by atoms with van der Waals surface area (Å²) in [6.07, 6.45) is 5.44. The minimum Gasteiger partial charge on any atom is -0.313 e. The van der Waals surface area contributed by atoms with Crippen molar-refractivity contribution in [3.8, 4) is 0 Å². The largest absolute Gasteiger partial charge is 0.313 e. The zero-order chi connectivity index (χ0) is 13.9. The Bertz CT molecular complexity index is 280. The van der Waals surface area contributed by atoms with E-state index in [2.05, 4.69) is 49.7 Å². The molecule has 2 fully saturated rings. The molecule has 19 heavy (non-hydrogen) atoms. The Morgan fingerprint density at radius 1 is 1.32 bits per heavy atom. The summed E-state index contributed by atoms with van der Waals surface area (Å²) >= 11 is 2.14. The van der Waals surface area contributed by atoms with Crippen LogP contribution in [0.3, 0.4) is 0 Å². The van der Waals surface area contributed by atoms with E-state index in [-0.39, 0.29) is 0 Å². The van der Waals surface area contributed by atoms with Crippen molar-refractivity contribution in [1.82, 2.24) is 10.2 Å². The number of nitrogens with one attached hydrogen (secondary N) is 1. The van der Waals surface area contributed by atoms with E-state index in [4.69, 9.17) is 0 Å². The molecule has 0 aromatic rings. The molecule has 2 rings (SSSR count). The molecule has 112 valence electrons. The van der Waals surface area contributed by atoms with Gasteiger partial charge in [0.1, 0.15) is 0 Å². The van der Waals surface area contributed by atoms with E-state index < -0.39 is 0 Å². The van der Waals surface area contributed by atoms with Crippen LogP contribution < -0.4 is 5.32 Å². The van der Waals surface area contributed by atoms with Gasteiger partial charge in [0.2, 0.25) is 0 Å². The molecule has 3 heteroatoms. The lowest BCUT2D eigenvalue weighted by molar-refractivity contribution is 0.118. The molecule has 1 saturated carbocycles. The highest BCUT2D eigenvalue weighted by atomic mass is 32.2. The van der Waals surface area contributed by atoms with Gasteiger partial charge in [-0.2, -0.15) is 11.8 Å². The lowest BCUT2D eigenvalue weighted by atomic mass is 9.84. The Labute approximate surface area is 124 Å². The lowest BCUT2D eigenvalue weighted by Gasteiger charge is -2.43. The van der Waals surface area contributed by atoms with Crippen LogP contribution in [0, 0.1) is 5.41 Å². The van der Waals surface area contributed by atoms with Gasteiger partial charge < -0.3 is 5.32 Å². The van der Waals surface area contributed by atoms with Crippen LogP contribution in [-0.4, -0.2) is 47.6 Å². The maximum Gasteiger partial charge on any atom is 0.0184 e. The van der Waals surface area contributed by atoms with Crippen LogP contribution in [-0.2, 0) is 0 Å². The highest BCUT2D eigenvalue weighted by molar-refractivity contribution is 8.00. The van der Waals surface area contributed by atoms with Crippen molar-refractivity contribution in [2.45, 2.75) is 70.7 Å². The first-order valence-corrected chi connectivity index (χ1v) is 9.18. The fourth-order valence-electron chi connectivity index (χ4n) is 3.21. The third kappa shape index (κ3) is 4.64. The highest BCUT2D eigenvalue weighted by Crippen LogP contribution is 2.31. The minimum atomic E-state index is 0.452. The molecule has 2 aliphatic rings. The molecule has 0 aromatic heterocycles. The molecule has 0 bridgehead atoms. The molecule has 1 aliphatic carbocycles. The fraction of sp³-hybridized carbons (Fsp3) is 1.00. The molecule has 1 N–H and O–H groups in total. The molecular formula is C16H32N2S. The summed E-state index contributed by atoms with van der Waals surface area (Å²) in [4.78, 5) is 2.74. The van der Waals surface area contributed by atoms with E-state index in [0.717, 1.165) is 17.3 Å². The Morgan fingerprint density at radius 2 is 2.05 bits per heavy atom. The quantitative estimate of drug-likeness (QED) is 0.771. The summed E-state index contributed by atoms with van der Waals surface area (Å²) in [6, 6.07) is 1.57. The predicted octanol–water partition coefficient (Wildman–Crippen LogP) is 3.37. The van der Waals surface area contributed by atoms with E-state index in [1.165, 1.54) is 51.1 Å². The van der Waals surface area contributed by atoms with Crippen LogP contribution in [0.25, 0.3) is 0 Å². The fourth-order valence-corrected chi connectivity index (χ4v) is 4.38. The van der Waals surface area contributed by atoms with Crippen molar-refractivity contribution in [2.75, 3.05) is 25.4 Å². The average molecular weight is 285 g/mol. The Morgan fingerprint density at radius 3 is 2.68 bits per heavy atom. The van der Waals surface area contributed by atoms with Crippen molar-refractivity contribution in [1.29, 1.82) is 0 Å². The van der Waals surface area contributed by atoms with Crippen molar-refractivity contribution in [3.63, 3.8) is 0 Å². The molecule has 0 radical (unpaired) electrons. The normalized spacial score (nSPS) is 32.2. The second kappa shape index (κ2) is 6.82. The molecule has 3 unspecified atom stereocenters. The maximum atomic E-state index is 3.77. The first-order chi connectivity index (χ1) is 9.04. The Kier molecular flexibility index (Phi) is 5.62. The number of hydrogen-bond donors (Lipinski definition) is 1. The monoisotopic (exact) mass is 284 g/mol. The summed E-state index contributed by atoms with van der Waals surface area (Å²) in [7, 11) is 0. The molecule has 2 nitrogen and oxygen atoms in total. The number of hydrogen-bond acceptors (Lipinski definition) is 3. The highest BCUT2D eigenvalue weighted by Gasteiger charge is 2.33. The summed E-state index contributed by atoms with van der Waals surface area (Å²) in [6.45, 7) is 13.4. The molecular weight excluding hydrogens is 252 g/mol. The average Bonchev–Trinajstić information content (AvgIpc) is 3.17. The van der Waals surface area contributed by atoms with Crippen LogP contribution in [0.2, 0.25) is 0 Å². The third-order valence-electron chi connectivity index (χ3n) is 4.85. The van der Waals surface area contributed by atoms with Gasteiger partial charge >= 0.3 is 0 Å². The van der Waals surface area contributed by atoms with Gasteiger partial charge in [0.05, 0.1) is 0 Å². The zero-order valence-corrected chi connectivity index (χ0v) is 14.1. The maximum absolute atomic E-state index is 3.77. The third-order valence-corrected chi connectivity index (χ3v) is 6.19. The zero-order valence-electron chi connectivity index (χ0n) is 13.2. The molecule has 0 amide bonds. The molecule has 1 saturated heterocycles. The molecule has 0 spiro atoms. The summed E-state index contributed by atoms with van der Waals surface area (Å²) in [5.74, 6) is 1.31. The van der Waals surface area contributed by atoms with E-state index in [9.17, 15) is 0 Å². The van der Waals surface area contributed by atoms with E-state index in [1.807, 2.05) is 0 Å². The van der Waals surface area contributed by atoms with Gasteiger partial charge in [0, 0.05) is 42.7 Å². The van der Waals surface area contributed by atoms with Gasteiger partial charge in [-0.05, 0) is 31.6 Å². The predicted molar refractivity (Wildman–Crippen MR) is 87.0 cm³/mol. The first-order valence-electron chi connectivity index (χ1n) is 8.13. The van der Waals surface area contributed by atoms with Gasteiger partial charge in [-0.1, -0.05) is 27.2 Å². The Balaban J connectivity index is 1.89. The standard InChI is InChI=1S/C16H32N2S/c1-5-8-16(4,11-17-15-6-7-15)12-18-9-10-19-14(3)13(18)2/h13-15,17H,5-12H2,1-4H3. The van der Waals surface area contributed by atoms with E-state index in [0.29, 0.717) is 5.41 Å². The Hall–Kier alpha value is 0.270. The summed E-state index contributed by atoms with van der Waals surface area (Å²) in [5.41, 5.74) is 0.452. The van der Waals surface area contributed by atoms with Gasteiger partial charge in [-0.25, -0.2) is 0 Å². The van der Waals surface area contributed by atoms with Gasteiger partial charge in [-0.15, -0.1) is 0 Å². The number of rotatable bonds is 7. The molecule has 1 aliphatic heterocycles. The first kappa shape index (κ1) is 15.7. The van der Waals surface area contributed by atoms with Crippen LogP contribution in [0.5, 0.6) is 0 Å². The van der Waals surface area contributed by atoms with Gasteiger partial charge in [-0.3, -0.25) is 4.90 Å². The van der Waals surface area contributed by atoms with Crippen LogP contribution in [0.1, 0.15) is 53.4 Å². The van der Waals surface area contributed by atoms with E-state index in [1.54, 1.807) is 0 Å². The molecule has 0 aromatic carbocycles. The smallest absolute Gasteiger partial charge is 0.0184 e. The number of thioether (sulfide) groups is 1. The number of nitrogens with zero attached hydrogens (tertiary/aromatic N) is 1. The summed E-state index contributed by atoms with van der Waals surface area (Å²) in [5, 5.41) is 4.55. The topological polar surface area (TPSA) is 15.3 Å². The van der Waals surface area contributed by atoms with Gasteiger partial charge in [0.25, 0.3) is 0 Å². The summed E-state index contributed by atoms with van der Waals surface area (Å²) < 4.78 is 0. The van der Waals surface area contributed by atoms with Crippen molar-refractivity contribution < 1.29 is 0 Å². The van der Waals surface area contributed by atoms with Gasteiger partial charge in [0.15, 0.2) is 0 Å². The molecule has 1 heterocycles. The second-order valence-corrected chi connectivity index (χ2v) is 8.49. The van der Waals surface area contributed by atoms with E-state index >= 15 is 0 Å². The SMILES string of the molecule is CCCC(C)(CNC1CC1)CN1CCSC(C)C1C. The van der Waals surface area contributed by atoms with Crippen molar-refractivity contribution in [3.05, 3.63) is 0 Å². The van der Waals surface area contributed by atoms with Crippen LogP contribution in [0.4, 0.5) is 0 Å². The molecule has 3 atom stereocenters. The van der Waals surface area contributed by atoms with Crippen molar-refractivity contribution in [2.24, 2.45) is 5.41 Å². The minimum absolute atomic E-state index is 0.452. The lowest BCUT2D eigenvalue weighted by Crippen LogP contribution is -2.51. The second-order valence-electron chi connectivity index (χ2n) is 7.00. The van der Waals surface area contributed by atoms with Crippen LogP contribution in [0.15, 0.2) is 0 Å².